The maximum Gasteiger partial charge on any atom is 0.416 e. The number of carbonyl (C=O) groups is 1. The number of pyridine rings is 1. The number of aromatic hydroxyl groups is 1. The highest BCUT2D eigenvalue weighted by Crippen LogP contribution is 2.22. The van der Waals surface area contributed by atoms with Gasteiger partial charge in [-0.05, 0) is 25.0 Å². The van der Waals surface area contributed by atoms with Gasteiger partial charge in [-0.2, -0.15) is 0 Å². The highest BCUT2D eigenvalue weighted by molar-refractivity contribution is 5.71. The highest BCUT2D eigenvalue weighted by Gasteiger charge is 2.21. The Morgan fingerprint density at radius 2 is 2.20 bits per heavy atom. The van der Waals surface area contributed by atoms with E-state index in [2.05, 4.69) is 4.98 Å². The van der Waals surface area contributed by atoms with E-state index in [1.54, 1.807) is 11.0 Å². The molecular weight excluding hydrogens is 196 g/mol. The van der Waals surface area contributed by atoms with Crippen molar-refractivity contribution in [3.8, 4) is 11.6 Å². The molecule has 0 aliphatic carbocycles. The summed E-state index contributed by atoms with van der Waals surface area (Å²) in [7, 11) is 0. The molecule has 1 aliphatic rings. The van der Waals surface area contributed by atoms with Crippen LogP contribution in [0.3, 0.4) is 0 Å². The molecule has 0 aromatic carbocycles. The Bertz CT molecular complexity index is 361. The van der Waals surface area contributed by atoms with E-state index in [1.165, 1.54) is 12.3 Å². The van der Waals surface area contributed by atoms with Crippen molar-refractivity contribution in [3.05, 3.63) is 18.3 Å². The fraction of sp³-hybridized carbons (Fsp3) is 0.400. The lowest BCUT2D eigenvalue weighted by molar-refractivity contribution is 0.159. The molecule has 80 valence electrons. The van der Waals surface area contributed by atoms with Crippen molar-refractivity contribution in [2.45, 2.75) is 12.8 Å². The van der Waals surface area contributed by atoms with E-state index in [-0.39, 0.29) is 11.6 Å². The number of rotatable bonds is 1. The average Bonchev–Trinajstić information content (AvgIpc) is 2.74. The normalized spacial score (nSPS) is 15.3. The van der Waals surface area contributed by atoms with E-state index in [9.17, 15) is 9.90 Å². The first-order chi connectivity index (χ1) is 7.27. The van der Waals surface area contributed by atoms with Crippen molar-refractivity contribution in [2.75, 3.05) is 13.1 Å². The van der Waals surface area contributed by atoms with E-state index in [0.29, 0.717) is 13.1 Å². The minimum absolute atomic E-state index is 0.0330. The van der Waals surface area contributed by atoms with Crippen LogP contribution in [0.5, 0.6) is 11.6 Å². The lowest BCUT2D eigenvalue weighted by Crippen LogP contribution is -2.30. The third kappa shape index (κ3) is 2.18. The molecular formula is C10H12N2O3. The summed E-state index contributed by atoms with van der Waals surface area (Å²) in [6.07, 6.45) is 3.03. The molecule has 0 atom stereocenters. The smallest absolute Gasteiger partial charge is 0.416 e. The molecule has 0 radical (unpaired) electrons. The minimum Gasteiger partial charge on any atom is -0.503 e. The van der Waals surface area contributed by atoms with Gasteiger partial charge in [0.25, 0.3) is 5.88 Å². The van der Waals surface area contributed by atoms with Crippen LogP contribution in [0.15, 0.2) is 18.3 Å². The van der Waals surface area contributed by atoms with Gasteiger partial charge in [-0.3, -0.25) is 0 Å². The zero-order valence-corrected chi connectivity index (χ0v) is 8.22. The molecule has 5 nitrogen and oxygen atoms in total. The molecule has 5 heteroatoms. The summed E-state index contributed by atoms with van der Waals surface area (Å²) in [6, 6.07) is 3.00. The van der Waals surface area contributed by atoms with Crippen LogP contribution >= 0.6 is 0 Å². The van der Waals surface area contributed by atoms with Gasteiger partial charge in [0.15, 0.2) is 5.75 Å². The Hall–Kier alpha value is -1.78. The monoisotopic (exact) mass is 208 g/mol. The van der Waals surface area contributed by atoms with E-state index in [1.807, 2.05) is 0 Å². The average molecular weight is 208 g/mol. The SMILES string of the molecule is O=C(Oc1ncccc1O)N1CCCC1. The second kappa shape index (κ2) is 4.16. The molecule has 15 heavy (non-hydrogen) atoms. The van der Waals surface area contributed by atoms with Gasteiger partial charge in [-0.25, -0.2) is 9.78 Å². The van der Waals surface area contributed by atoms with Crippen molar-refractivity contribution >= 4 is 6.09 Å². The van der Waals surface area contributed by atoms with Gasteiger partial charge in [0, 0.05) is 19.3 Å². The molecule has 0 spiro atoms. The van der Waals surface area contributed by atoms with E-state index < -0.39 is 6.09 Å². The molecule has 1 fully saturated rings. The number of ether oxygens (including phenoxy) is 1. The van der Waals surface area contributed by atoms with Gasteiger partial charge in [0.2, 0.25) is 0 Å². The summed E-state index contributed by atoms with van der Waals surface area (Å²) in [5.41, 5.74) is 0. The molecule has 2 rings (SSSR count). The van der Waals surface area contributed by atoms with E-state index in [0.717, 1.165) is 12.8 Å². The lowest BCUT2D eigenvalue weighted by atomic mass is 10.4. The van der Waals surface area contributed by atoms with Gasteiger partial charge in [-0.15, -0.1) is 0 Å². The van der Waals surface area contributed by atoms with Crippen LogP contribution in [0.1, 0.15) is 12.8 Å². The number of amides is 1. The van der Waals surface area contributed by atoms with Crippen LogP contribution in [0.4, 0.5) is 4.79 Å². The summed E-state index contributed by atoms with van der Waals surface area (Å²) in [4.78, 5) is 16.9. The fourth-order valence-corrected chi connectivity index (χ4v) is 1.51. The summed E-state index contributed by atoms with van der Waals surface area (Å²) in [6.45, 7) is 1.43. The maximum absolute atomic E-state index is 11.5. The van der Waals surface area contributed by atoms with E-state index >= 15 is 0 Å². The van der Waals surface area contributed by atoms with Crippen LogP contribution in [0.2, 0.25) is 0 Å². The van der Waals surface area contributed by atoms with Crippen LogP contribution in [0, 0.1) is 0 Å². The first kappa shape index (κ1) is 9.76. The Kier molecular flexibility index (Phi) is 2.71. The van der Waals surface area contributed by atoms with Crippen molar-refractivity contribution < 1.29 is 14.6 Å². The summed E-state index contributed by atoms with van der Waals surface area (Å²) in [5, 5.41) is 9.34. The Balaban J connectivity index is 2.02. The Morgan fingerprint density at radius 1 is 1.47 bits per heavy atom. The molecule has 0 saturated carbocycles. The number of hydrogen-bond acceptors (Lipinski definition) is 4. The van der Waals surface area contributed by atoms with Crippen LogP contribution < -0.4 is 4.74 Å². The predicted molar refractivity (Wildman–Crippen MR) is 52.7 cm³/mol. The molecule has 1 aromatic rings. The molecule has 1 aliphatic heterocycles. The summed E-state index contributed by atoms with van der Waals surface area (Å²) < 4.78 is 4.95. The predicted octanol–water partition coefficient (Wildman–Crippen LogP) is 1.38. The van der Waals surface area contributed by atoms with Crippen LogP contribution in [-0.4, -0.2) is 34.2 Å². The van der Waals surface area contributed by atoms with Gasteiger partial charge >= 0.3 is 6.09 Å². The first-order valence-corrected chi connectivity index (χ1v) is 4.88. The van der Waals surface area contributed by atoms with Crippen molar-refractivity contribution in [2.24, 2.45) is 0 Å². The van der Waals surface area contributed by atoms with Gasteiger partial charge in [0.05, 0.1) is 0 Å². The maximum atomic E-state index is 11.5. The largest absolute Gasteiger partial charge is 0.503 e. The lowest BCUT2D eigenvalue weighted by Gasteiger charge is -2.14. The number of carbonyl (C=O) groups excluding carboxylic acids is 1. The molecule has 1 amide bonds. The molecule has 1 aromatic heterocycles. The zero-order valence-electron chi connectivity index (χ0n) is 8.22. The zero-order chi connectivity index (χ0) is 10.7. The van der Waals surface area contributed by atoms with Crippen molar-refractivity contribution in [1.29, 1.82) is 0 Å². The van der Waals surface area contributed by atoms with Gasteiger partial charge in [-0.1, -0.05) is 0 Å². The molecule has 1 N–H and O–H groups in total. The van der Waals surface area contributed by atoms with Crippen molar-refractivity contribution in [3.63, 3.8) is 0 Å². The number of nitrogens with zero attached hydrogens (tertiary/aromatic N) is 2. The topological polar surface area (TPSA) is 62.7 Å². The van der Waals surface area contributed by atoms with E-state index in [4.69, 9.17) is 4.74 Å². The summed E-state index contributed by atoms with van der Waals surface area (Å²) >= 11 is 0. The minimum atomic E-state index is -0.443. The third-order valence-corrected chi connectivity index (χ3v) is 2.30. The third-order valence-electron chi connectivity index (χ3n) is 2.30. The molecule has 0 bridgehead atoms. The van der Waals surface area contributed by atoms with Gasteiger partial charge < -0.3 is 14.7 Å². The standard InChI is InChI=1S/C10H12N2O3/c13-8-4-3-5-11-9(8)15-10(14)12-6-1-2-7-12/h3-5,13H,1-2,6-7H2. The quantitative estimate of drug-likeness (QED) is 0.757. The number of aromatic nitrogens is 1. The first-order valence-electron chi connectivity index (χ1n) is 4.88. The van der Waals surface area contributed by atoms with Crippen molar-refractivity contribution in [1.82, 2.24) is 9.88 Å². The molecule has 2 heterocycles. The van der Waals surface area contributed by atoms with Gasteiger partial charge in [0.1, 0.15) is 0 Å². The Labute approximate surface area is 87.3 Å². The number of likely N-dealkylation sites (tertiary alicyclic amines) is 1. The fourth-order valence-electron chi connectivity index (χ4n) is 1.51. The number of hydrogen-bond donors (Lipinski definition) is 1. The molecule has 1 saturated heterocycles. The molecule has 0 unspecified atom stereocenters. The van der Waals surface area contributed by atoms with Crippen LogP contribution in [-0.2, 0) is 0 Å². The second-order valence-electron chi connectivity index (χ2n) is 3.39. The second-order valence-corrected chi connectivity index (χ2v) is 3.39. The highest BCUT2D eigenvalue weighted by atomic mass is 16.6. The summed E-state index contributed by atoms with van der Waals surface area (Å²) in [5.74, 6) is -0.153. The van der Waals surface area contributed by atoms with Crippen LogP contribution in [0.25, 0.3) is 0 Å². The Morgan fingerprint density at radius 3 is 2.87 bits per heavy atom.